The number of ether oxygens (including phenoxy) is 2. The highest BCUT2D eigenvalue weighted by molar-refractivity contribution is 7.89. The molecule has 0 amide bonds. The van der Waals surface area contributed by atoms with Gasteiger partial charge in [0, 0.05) is 19.0 Å². The first-order valence-corrected chi connectivity index (χ1v) is 10.4. The first-order chi connectivity index (χ1) is 12.6. The van der Waals surface area contributed by atoms with Gasteiger partial charge in [-0.05, 0) is 56.2 Å². The maximum absolute atomic E-state index is 12.9. The highest BCUT2D eigenvalue weighted by Crippen LogP contribution is 2.25. The van der Waals surface area contributed by atoms with Crippen molar-refractivity contribution < 1.29 is 17.9 Å². The van der Waals surface area contributed by atoms with E-state index < -0.39 is 10.0 Å². The van der Waals surface area contributed by atoms with Crippen LogP contribution in [0, 0.1) is 5.92 Å². The van der Waals surface area contributed by atoms with Crippen molar-refractivity contribution in [3.63, 3.8) is 0 Å². The van der Waals surface area contributed by atoms with Crippen molar-refractivity contribution in [2.45, 2.75) is 24.7 Å². The van der Waals surface area contributed by atoms with E-state index in [0.29, 0.717) is 36.9 Å². The van der Waals surface area contributed by atoms with E-state index in [0.717, 1.165) is 18.6 Å². The fraction of sp³-hybridized carbons (Fsp3) is 0.400. The van der Waals surface area contributed by atoms with Gasteiger partial charge in [-0.3, -0.25) is 0 Å². The lowest BCUT2D eigenvalue weighted by atomic mass is 10.0. The summed E-state index contributed by atoms with van der Waals surface area (Å²) in [6.45, 7) is 4.02. The Morgan fingerprint density at radius 1 is 1.00 bits per heavy atom. The lowest BCUT2D eigenvalue weighted by molar-refractivity contribution is 0.180. The lowest BCUT2D eigenvalue weighted by Gasteiger charge is -2.31. The average molecular weight is 375 g/mol. The van der Waals surface area contributed by atoms with Gasteiger partial charge >= 0.3 is 0 Å². The second-order valence-corrected chi connectivity index (χ2v) is 8.34. The SMILES string of the molecule is CCOc1ccc(S(=O)(=O)N2CCCC(COc3ccccc3)C2)cc1. The number of hydrogen-bond acceptors (Lipinski definition) is 4. The van der Waals surface area contributed by atoms with Gasteiger partial charge in [0.25, 0.3) is 0 Å². The summed E-state index contributed by atoms with van der Waals surface area (Å²) in [5.74, 6) is 1.69. The molecule has 0 N–H and O–H groups in total. The van der Waals surface area contributed by atoms with Crippen molar-refractivity contribution in [2.75, 3.05) is 26.3 Å². The van der Waals surface area contributed by atoms with Crippen molar-refractivity contribution >= 4 is 10.0 Å². The van der Waals surface area contributed by atoms with Crippen LogP contribution in [0.2, 0.25) is 0 Å². The van der Waals surface area contributed by atoms with Crippen LogP contribution < -0.4 is 9.47 Å². The molecule has 1 saturated heterocycles. The number of para-hydroxylation sites is 1. The maximum atomic E-state index is 12.9. The third-order valence-corrected chi connectivity index (χ3v) is 6.36. The van der Waals surface area contributed by atoms with Crippen LogP contribution in [-0.4, -0.2) is 39.0 Å². The van der Waals surface area contributed by atoms with E-state index in [2.05, 4.69) is 0 Å². The zero-order valence-electron chi connectivity index (χ0n) is 15.0. The minimum Gasteiger partial charge on any atom is -0.494 e. The summed E-state index contributed by atoms with van der Waals surface area (Å²) in [7, 11) is -3.49. The van der Waals surface area contributed by atoms with Gasteiger partial charge in [-0.15, -0.1) is 0 Å². The Hall–Kier alpha value is -2.05. The largest absolute Gasteiger partial charge is 0.494 e. The van der Waals surface area contributed by atoms with E-state index in [4.69, 9.17) is 9.47 Å². The number of piperidine rings is 1. The Morgan fingerprint density at radius 3 is 2.38 bits per heavy atom. The summed E-state index contributed by atoms with van der Waals surface area (Å²) in [6, 6.07) is 16.3. The van der Waals surface area contributed by atoms with Gasteiger partial charge in [-0.2, -0.15) is 4.31 Å². The van der Waals surface area contributed by atoms with Gasteiger partial charge < -0.3 is 9.47 Å². The van der Waals surface area contributed by atoms with Crippen LogP contribution in [0.1, 0.15) is 19.8 Å². The summed E-state index contributed by atoms with van der Waals surface area (Å²) in [5, 5.41) is 0. The van der Waals surface area contributed by atoms with Crippen molar-refractivity contribution in [3.8, 4) is 11.5 Å². The monoisotopic (exact) mass is 375 g/mol. The molecular weight excluding hydrogens is 350 g/mol. The number of rotatable bonds is 7. The molecule has 1 unspecified atom stereocenters. The zero-order chi connectivity index (χ0) is 18.4. The topological polar surface area (TPSA) is 55.8 Å². The molecule has 3 rings (SSSR count). The number of hydrogen-bond donors (Lipinski definition) is 0. The van der Waals surface area contributed by atoms with E-state index >= 15 is 0 Å². The molecule has 0 spiro atoms. The van der Waals surface area contributed by atoms with Gasteiger partial charge in [-0.1, -0.05) is 18.2 Å². The number of sulfonamides is 1. The molecule has 0 radical (unpaired) electrons. The van der Waals surface area contributed by atoms with Crippen LogP contribution in [-0.2, 0) is 10.0 Å². The minimum atomic E-state index is -3.49. The summed E-state index contributed by atoms with van der Waals surface area (Å²) < 4.78 is 38.6. The van der Waals surface area contributed by atoms with Crippen molar-refractivity contribution in [3.05, 3.63) is 54.6 Å². The molecule has 2 aromatic carbocycles. The van der Waals surface area contributed by atoms with Gasteiger partial charge in [0.2, 0.25) is 10.0 Å². The van der Waals surface area contributed by atoms with E-state index in [-0.39, 0.29) is 5.92 Å². The smallest absolute Gasteiger partial charge is 0.243 e. The molecule has 26 heavy (non-hydrogen) atoms. The van der Waals surface area contributed by atoms with E-state index in [1.54, 1.807) is 28.6 Å². The van der Waals surface area contributed by atoms with Gasteiger partial charge in [0.05, 0.1) is 18.1 Å². The summed E-state index contributed by atoms with van der Waals surface area (Å²) in [6.07, 6.45) is 1.82. The molecule has 5 nitrogen and oxygen atoms in total. The predicted octanol–water partition coefficient (Wildman–Crippen LogP) is 3.57. The Kier molecular flexibility index (Phi) is 6.16. The normalized spacial score (nSPS) is 18.4. The molecule has 1 atom stereocenters. The van der Waals surface area contributed by atoms with E-state index in [1.165, 1.54) is 0 Å². The quantitative estimate of drug-likeness (QED) is 0.742. The Morgan fingerprint density at radius 2 is 1.69 bits per heavy atom. The highest BCUT2D eigenvalue weighted by Gasteiger charge is 2.30. The maximum Gasteiger partial charge on any atom is 0.243 e. The average Bonchev–Trinajstić information content (AvgIpc) is 2.68. The molecule has 1 aliphatic heterocycles. The minimum absolute atomic E-state index is 0.196. The molecule has 0 saturated carbocycles. The summed E-state index contributed by atoms with van der Waals surface area (Å²) >= 11 is 0. The number of nitrogens with zero attached hydrogens (tertiary/aromatic N) is 1. The van der Waals surface area contributed by atoms with Crippen molar-refractivity contribution in [1.82, 2.24) is 4.31 Å². The molecule has 0 aromatic heterocycles. The summed E-state index contributed by atoms with van der Waals surface area (Å²) in [4.78, 5) is 0.311. The van der Waals surface area contributed by atoms with Crippen LogP contribution >= 0.6 is 0 Å². The van der Waals surface area contributed by atoms with Gasteiger partial charge in [0.15, 0.2) is 0 Å². The summed E-state index contributed by atoms with van der Waals surface area (Å²) in [5.41, 5.74) is 0. The highest BCUT2D eigenvalue weighted by atomic mass is 32.2. The molecule has 0 aliphatic carbocycles. The second-order valence-electron chi connectivity index (χ2n) is 6.40. The predicted molar refractivity (Wildman–Crippen MR) is 101 cm³/mol. The Bertz CT molecular complexity index is 790. The van der Waals surface area contributed by atoms with Crippen LogP contribution in [0.4, 0.5) is 0 Å². The third kappa shape index (κ3) is 4.56. The third-order valence-electron chi connectivity index (χ3n) is 4.48. The van der Waals surface area contributed by atoms with Crippen molar-refractivity contribution in [1.29, 1.82) is 0 Å². The van der Waals surface area contributed by atoms with Crippen LogP contribution in [0.3, 0.4) is 0 Å². The second kappa shape index (κ2) is 8.56. The lowest BCUT2D eigenvalue weighted by Crippen LogP contribution is -2.41. The zero-order valence-corrected chi connectivity index (χ0v) is 15.8. The van der Waals surface area contributed by atoms with E-state index in [1.807, 2.05) is 37.3 Å². The van der Waals surface area contributed by atoms with Crippen LogP contribution in [0.5, 0.6) is 11.5 Å². The molecule has 1 heterocycles. The molecule has 1 fully saturated rings. The first-order valence-electron chi connectivity index (χ1n) is 9.00. The van der Waals surface area contributed by atoms with Crippen LogP contribution in [0.15, 0.2) is 59.5 Å². The van der Waals surface area contributed by atoms with Crippen LogP contribution in [0.25, 0.3) is 0 Å². The molecule has 6 heteroatoms. The molecule has 0 bridgehead atoms. The molecule has 2 aromatic rings. The number of benzene rings is 2. The molecule has 1 aliphatic rings. The Balaban J connectivity index is 1.63. The standard InChI is InChI=1S/C20H25NO4S/c1-2-24-19-10-12-20(13-11-19)26(22,23)21-14-6-7-17(15-21)16-25-18-8-4-3-5-9-18/h3-5,8-13,17H,2,6-7,14-16H2,1H3. The van der Waals surface area contributed by atoms with Gasteiger partial charge in [-0.25, -0.2) is 8.42 Å². The molecule has 140 valence electrons. The van der Waals surface area contributed by atoms with Crippen molar-refractivity contribution in [2.24, 2.45) is 5.92 Å². The first kappa shape index (κ1) is 18.7. The van der Waals surface area contributed by atoms with E-state index in [9.17, 15) is 8.42 Å². The fourth-order valence-electron chi connectivity index (χ4n) is 3.14. The van der Waals surface area contributed by atoms with Gasteiger partial charge in [0.1, 0.15) is 11.5 Å². The fourth-order valence-corrected chi connectivity index (χ4v) is 4.69. The molecular formula is C20H25NO4S. The Labute approximate surface area is 155 Å².